The zero-order valence-electron chi connectivity index (χ0n) is 12.8. The number of benzene rings is 1. The summed E-state index contributed by atoms with van der Waals surface area (Å²) < 4.78 is 5.77. The summed E-state index contributed by atoms with van der Waals surface area (Å²) >= 11 is 0. The molecule has 21 heavy (non-hydrogen) atoms. The third-order valence-electron chi connectivity index (χ3n) is 3.44. The van der Waals surface area contributed by atoms with Gasteiger partial charge >= 0.3 is 0 Å². The molecule has 0 saturated carbocycles. The molecule has 1 aromatic rings. The summed E-state index contributed by atoms with van der Waals surface area (Å²) in [6.45, 7) is 4.53. The van der Waals surface area contributed by atoms with Crippen LogP contribution in [0.1, 0.15) is 51.5 Å². The zero-order valence-corrected chi connectivity index (χ0v) is 12.8. The van der Waals surface area contributed by atoms with E-state index in [1.54, 1.807) is 6.07 Å². The number of hydrazine groups is 1. The summed E-state index contributed by atoms with van der Waals surface area (Å²) in [5, 5.41) is 10.8. The number of hydrogen-bond donors (Lipinski definition) is 2. The molecule has 1 unspecified atom stereocenters. The fraction of sp³-hybridized carbons (Fsp3) is 0.600. The largest absolute Gasteiger partial charge is 0.374 e. The van der Waals surface area contributed by atoms with Gasteiger partial charge in [-0.25, -0.2) is 0 Å². The number of nitro groups is 1. The molecular formula is C15H25N3O3. The zero-order chi connectivity index (χ0) is 15.7. The Bertz CT molecular complexity index is 452. The molecule has 0 radical (unpaired) electrons. The van der Waals surface area contributed by atoms with E-state index in [1.165, 1.54) is 31.4 Å². The molecule has 0 amide bonds. The summed E-state index contributed by atoms with van der Waals surface area (Å²) in [5.41, 5.74) is 3.94. The number of nitrogens with zero attached hydrogens (tertiary/aromatic N) is 1. The number of nitrogens with one attached hydrogen (secondary N) is 1. The van der Waals surface area contributed by atoms with E-state index < -0.39 is 4.92 Å². The van der Waals surface area contributed by atoms with Crippen molar-refractivity contribution in [1.82, 2.24) is 0 Å². The number of unbranched alkanes of at least 4 members (excludes halogenated alkanes) is 3. The standard InChI is InChI=1S/C15H25N3O3/c1-3-4-5-6-7-12(2)21-11-13-10-14(18(19)20)8-9-15(13)17-16/h8-10,12,17H,3-7,11,16H2,1-2H3. The number of anilines is 1. The van der Waals surface area contributed by atoms with E-state index in [1.807, 2.05) is 6.92 Å². The summed E-state index contributed by atoms with van der Waals surface area (Å²) in [6, 6.07) is 4.52. The molecule has 0 heterocycles. The van der Waals surface area contributed by atoms with Gasteiger partial charge in [0.2, 0.25) is 0 Å². The van der Waals surface area contributed by atoms with Gasteiger partial charge in [-0.1, -0.05) is 32.6 Å². The van der Waals surface area contributed by atoms with Crippen LogP contribution in [0.4, 0.5) is 11.4 Å². The average Bonchev–Trinajstić information content (AvgIpc) is 2.49. The van der Waals surface area contributed by atoms with Crippen LogP contribution in [0, 0.1) is 10.1 Å². The van der Waals surface area contributed by atoms with Gasteiger partial charge < -0.3 is 10.2 Å². The fourth-order valence-electron chi connectivity index (χ4n) is 2.13. The molecule has 0 saturated heterocycles. The van der Waals surface area contributed by atoms with Gasteiger partial charge in [-0.2, -0.15) is 0 Å². The van der Waals surface area contributed by atoms with Gasteiger partial charge in [0, 0.05) is 17.7 Å². The van der Waals surface area contributed by atoms with E-state index in [9.17, 15) is 10.1 Å². The molecule has 0 aliphatic carbocycles. The number of non-ortho nitro benzene ring substituents is 1. The lowest BCUT2D eigenvalue weighted by molar-refractivity contribution is -0.384. The van der Waals surface area contributed by atoms with Crippen LogP contribution in [0.25, 0.3) is 0 Å². The normalized spacial score (nSPS) is 12.1. The minimum atomic E-state index is -0.419. The predicted octanol–water partition coefficient (Wildman–Crippen LogP) is 3.76. The highest BCUT2D eigenvalue weighted by Gasteiger charge is 2.11. The summed E-state index contributed by atoms with van der Waals surface area (Å²) in [7, 11) is 0. The maximum Gasteiger partial charge on any atom is 0.269 e. The third kappa shape index (κ3) is 6.10. The van der Waals surface area contributed by atoms with Gasteiger partial charge in [0.05, 0.1) is 23.3 Å². The van der Waals surface area contributed by atoms with Gasteiger partial charge in [0.15, 0.2) is 0 Å². The maximum atomic E-state index is 10.8. The Balaban J connectivity index is 2.53. The van der Waals surface area contributed by atoms with Crippen molar-refractivity contribution in [3.05, 3.63) is 33.9 Å². The van der Waals surface area contributed by atoms with Crippen LogP contribution in [-0.2, 0) is 11.3 Å². The molecule has 6 nitrogen and oxygen atoms in total. The smallest absolute Gasteiger partial charge is 0.269 e. The van der Waals surface area contributed by atoms with Crippen molar-refractivity contribution in [3.8, 4) is 0 Å². The molecule has 0 spiro atoms. The van der Waals surface area contributed by atoms with Crippen molar-refractivity contribution in [2.75, 3.05) is 5.43 Å². The Kier molecular flexibility index (Phi) is 7.71. The van der Waals surface area contributed by atoms with Crippen LogP contribution in [0.3, 0.4) is 0 Å². The van der Waals surface area contributed by atoms with E-state index in [4.69, 9.17) is 10.6 Å². The van der Waals surface area contributed by atoms with E-state index in [0.717, 1.165) is 12.8 Å². The summed E-state index contributed by atoms with van der Waals surface area (Å²) in [5.74, 6) is 5.42. The topological polar surface area (TPSA) is 90.4 Å². The van der Waals surface area contributed by atoms with Crippen molar-refractivity contribution >= 4 is 11.4 Å². The number of hydrogen-bond acceptors (Lipinski definition) is 5. The van der Waals surface area contributed by atoms with Gasteiger partial charge in [-0.3, -0.25) is 16.0 Å². The van der Waals surface area contributed by atoms with Crippen LogP contribution >= 0.6 is 0 Å². The van der Waals surface area contributed by atoms with Crippen LogP contribution in [0.15, 0.2) is 18.2 Å². The number of nitrogen functional groups attached to an aromatic ring is 1. The lowest BCUT2D eigenvalue weighted by Gasteiger charge is -2.15. The first kappa shape index (κ1) is 17.4. The monoisotopic (exact) mass is 295 g/mol. The molecule has 0 bridgehead atoms. The second kappa shape index (κ2) is 9.31. The Hall–Kier alpha value is -1.66. The Morgan fingerprint density at radius 2 is 2.14 bits per heavy atom. The molecule has 0 aliphatic rings. The van der Waals surface area contributed by atoms with Crippen LogP contribution in [-0.4, -0.2) is 11.0 Å². The van der Waals surface area contributed by atoms with E-state index in [-0.39, 0.29) is 11.8 Å². The number of nitrogens with two attached hydrogens (primary N) is 1. The number of nitro benzene ring substituents is 1. The van der Waals surface area contributed by atoms with E-state index >= 15 is 0 Å². The molecule has 1 rings (SSSR count). The summed E-state index contributed by atoms with van der Waals surface area (Å²) in [4.78, 5) is 10.4. The Labute approximate surface area is 125 Å². The van der Waals surface area contributed by atoms with Crippen LogP contribution in [0.2, 0.25) is 0 Å². The second-order valence-corrected chi connectivity index (χ2v) is 5.21. The predicted molar refractivity (Wildman–Crippen MR) is 83.9 cm³/mol. The van der Waals surface area contributed by atoms with Gasteiger partial charge in [-0.05, 0) is 19.4 Å². The van der Waals surface area contributed by atoms with Crippen molar-refractivity contribution in [2.45, 2.75) is 58.7 Å². The molecule has 6 heteroatoms. The molecule has 118 valence electrons. The highest BCUT2D eigenvalue weighted by Crippen LogP contribution is 2.23. The first-order chi connectivity index (χ1) is 10.1. The van der Waals surface area contributed by atoms with E-state index in [2.05, 4.69) is 12.3 Å². The lowest BCUT2D eigenvalue weighted by Crippen LogP contribution is -2.12. The minimum absolute atomic E-state index is 0.0446. The second-order valence-electron chi connectivity index (χ2n) is 5.21. The fourth-order valence-corrected chi connectivity index (χ4v) is 2.13. The van der Waals surface area contributed by atoms with Crippen molar-refractivity contribution in [1.29, 1.82) is 0 Å². The molecule has 3 N–H and O–H groups in total. The molecule has 0 aromatic heterocycles. The quantitative estimate of drug-likeness (QED) is 0.297. The van der Waals surface area contributed by atoms with Crippen molar-refractivity contribution in [2.24, 2.45) is 5.84 Å². The molecule has 1 atom stereocenters. The van der Waals surface area contributed by atoms with Crippen molar-refractivity contribution in [3.63, 3.8) is 0 Å². The first-order valence-corrected chi connectivity index (χ1v) is 7.44. The highest BCUT2D eigenvalue weighted by molar-refractivity contribution is 5.55. The number of ether oxygens (including phenoxy) is 1. The Morgan fingerprint density at radius 1 is 1.38 bits per heavy atom. The van der Waals surface area contributed by atoms with Gasteiger partial charge in [0.25, 0.3) is 5.69 Å². The number of rotatable bonds is 10. The first-order valence-electron chi connectivity index (χ1n) is 7.44. The van der Waals surface area contributed by atoms with Crippen molar-refractivity contribution < 1.29 is 9.66 Å². The molecule has 1 aromatic carbocycles. The maximum absolute atomic E-state index is 10.8. The third-order valence-corrected chi connectivity index (χ3v) is 3.44. The molecule has 0 aliphatic heterocycles. The highest BCUT2D eigenvalue weighted by atomic mass is 16.6. The SMILES string of the molecule is CCCCCCC(C)OCc1cc([N+](=O)[O-])ccc1NN. The van der Waals surface area contributed by atoms with Crippen LogP contribution < -0.4 is 11.3 Å². The molecule has 0 fully saturated rings. The lowest BCUT2D eigenvalue weighted by atomic mass is 10.1. The average molecular weight is 295 g/mol. The van der Waals surface area contributed by atoms with E-state index in [0.29, 0.717) is 17.9 Å². The Morgan fingerprint density at radius 3 is 2.76 bits per heavy atom. The van der Waals surface area contributed by atoms with Gasteiger partial charge in [-0.15, -0.1) is 0 Å². The minimum Gasteiger partial charge on any atom is -0.374 e. The van der Waals surface area contributed by atoms with Gasteiger partial charge in [0.1, 0.15) is 0 Å². The molecular weight excluding hydrogens is 270 g/mol. The summed E-state index contributed by atoms with van der Waals surface area (Å²) in [6.07, 6.45) is 5.96. The van der Waals surface area contributed by atoms with Crippen LogP contribution in [0.5, 0.6) is 0 Å².